The molecule has 0 spiro atoms. The maximum absolute atomic E-state index is 9.74. The molecule has 2 aromatic heterocycles. The molecular weight excluding hydrogens is 510 g/mol. The van der Waals surface area contributed by atoms with E-state index in [2.05, 4.69) is 77.1 Å². The van der Waals surface area contributed by atoms with E-state index in [0.717, 1.165) is 79.8 Å². The predicted octanol–water partition coefficient (Wildman–Crippen LogP) is 11.7. The molecule has 1 aliphatic carbocycles. The number of hydrogen-bond acceptors (Lipinski definition) is 2. The number of pyridine rings is 1. The Balaban J connectivity index is 1.40. The van der Waals surface area contributed by atoms with E-state index >= 15 is 0 Å². The van der Waals surface area contributed by atoms with E-state index in [0.29, 0.717) is 11.3 Å². The molecule has 0 unspecified atom stereocenters. The molecule has 2 heterocycles. The molecule has 42 heavy (non-hydrogen) atoms. The molecule has 0 saturated heterocycles. The number of furan rings is 1. The molecule has 0 bridgehead atoms. The van der Waals surface area contributed by atoms with E-state index in [-0.39, 0.29) is 16.4 Å². The van der Waals surface area contributed by atoms with Crippen LogP contribution < -0.4 is 0 Å². The predicted molar refractivity (Wildman–Crippen MR) is 178 cm³/mol. The van der Waals surface area contributed by atoms with Gasteiger partial charge in [-0.3, -0.25) is 4.98 Å². The zero-order valence-electron chi connectivity index (χ0n) is 29.5. The highest BCUT2D eigenvalue weighted by Gasteiger charge is 2.39. The Morgan fingerprint density at radius 3 is 2.24 bits per heavy atom. The molecule has 212 valence electrons. The minimum atomic E-state index is -2.35. The Morgan fingerprint density at radius 2 is 1.45 bits per heavy atom. The largest absolute Gasteiger partial charge is 0.455 e. The lowest BCUT2D eigenvalue weighted by atomic mass is 9.60. The van der Waals surface area contributed by atoms with E-state index in [1.807, 2.05) is 37.3 Å². The highest BCUT2D eigenvalue weighted by atomic mass is 16.3. The van der Waals surface area contributed by atoms with E-state index in [1.54, 1.807) is 0 Å². The number of aromatic nitrogens is 1. The summed E-state index contributed by atoms with van der Waals surface area (Å²) in [5.74, 6) is -0.712. The Hall–Kier alpha value is -3.91. The molecule has 2 heteroatoms. The first-order valence-electron chi connectivity index (χ1n) is 17.0. The quantitative estimate of drug-likeness (QED) is 0.217. The van der Waals surface area contributed by atoms with Gasteiger partial charge in [0.25, 0.3) is 0 Å². The van der Waals surface area contributed by atoms with Crippen LogP contribution >= 0.6 is 0 Å². The number of nitrogens with zero attached hydrogens (tertiary/aromatic N) is 1. The van der Waals surface area contributed by atoms with Gasteiger partial charge in [0.05, 0.1) is 5.69 Å². The maximum atomic E-state index is 9.74. The Bertz CT molecular complexity index is 2150. The van der Waals surface area contributed by atoms with Crippen LogP contribution in [0.25, 0.3) is 55.1 Å². The lowest BCUT2D eigenvalue weighted by Gasteiger charge is -2.45. The third-order valence-electron chi connectivity index (χ3n) is 9.15. The standard InChI is InChI=1S/C40H41NO/c1-24-18-34(25(2)17-33(24)28-20-39(4,5)23-40(6,7)21-28)35-19-36(41-22-26(35)3)32-14-10-13-30-31-16-15-27-11-8-9-12-29(27)37(31)42-38(30)32/h8-19,22,28H,20-21,23H2,1-7H3/i3D3,28D. The second-order valence-electron chi connectivity index (χ2n) is 14.0. The second kappa shape index (κ2) is 9.56. The van der Waals surface area contributed by atoms with Gasteiger partial charge in [-0.15, -0.1) is 0 Å². The van der Waals surface area contributed by atoms with Crippen LogP contribution in [0.5, 0.6) is 0 Å². The van der Waals surface area contributed by atoms with Gasteiger partial charge in [-0.25, -0.2) is 0 Å². The number of hydrogen-bond donors (Lipinski definition) is 0. The fourth-order valence-corrected chi connectivity index (χ4v) is 7.87. The first-order chi connectivity index (χ1) is 21.6. The normalized spacial score (nSPS) is 19.4. The molecule has 7 rings (SSSR count). The summed E-state index contributed by atoms with van der Waals surface area (Å²) in [6.45, 7) is 10.9. The summed E-state index contributed by atoms with van der Waals surface area (Å²) in [7, 11) is 0. The van der Waals surface area contributed by atoms with Gasteiger partial charge in [0.2, 0.25) is 0 Å². The van der Waals surface area contributed by atoms with Crippen molar-refractivity contribution in [3.8, 4) is 22.4 Å². The highest BCUT2D eigenvalue weighted by Crippen LogP contribution is 2.52. The van der Waals surface area contributed by atoms with E-state index < -0.39 is 12.7 Å². The average Bonchev–Trinajstić information content (AvgIpc) is 3.35. The molecule has 6 aromatic rings. The molecule has 1 saturated carbocycles. The minimum Gasteiger partial charge on any atom is -0.455 e. The number of benzene rings is 4. The summed E-state index contributed by atoms with van der Waals surface area (Å²) >= 11 is 0. The van der Waals surface area contributed by atoms with Gasteiger partial charge in [-0.1, -0.05) is 82.3 Å². The number of fused-ring (bicyclic) bond motifs is 5. The summed E-state index contributed by atoms with van der Waals surface area (Å²) in [5, 5.41) is 4.20. The molecule has 1 fully saturated rings. The number of para-hydroxylation sites is 1. The smallest absolute Gasteiger partial charge is 0.144 e. The number of aryl methyl sites for hydroxylation is 3. The van der Waals surface area contributed by atoms with Crippen molar-refractivity contribution < 1.29 is 9.90 Å². The van der Waals surface area contributed by atoms with Gasteiger partial charge in [0.1, 0.15) is 11.2 Å². The SMILES string of the molecule is [2H]C([2H])([2H])c1cnc(-c2cccc3c2oc2c4ccccc4ccc32)cc1-c1cc(C)c(C2([2H])CC(C)(C)CC(C)(C)C2)cc1C. The fraction of sp³-hybridized carbons (Fsp3) is 0.325. The van der Waals surface area contributed by atoms with Crippen molar-refractivity contribution in [2.24, 2.45) is 10.8 Å². The molecule has 0 N–H and O–H groups in total. The summed E-state index contributed by atoms with van der Waals surface area (Å²) in [4.78, 5) is 4.72. The monoisotopic (exact) mass is 555 g/mol. The number of rotatable bonds is 3. The third kappa shape index (κ3) is 4.53. The average molecular weight is 556 g/mol. The van der Waals surface area contributed by atoms with E-state index in [9.17, 15) is 1.37 Å². The zero-order valence-corrected chi connectivity index (χ0v) is 25.5. The summed E-state index contributed by atoms with van der Waals surface area (Å²) in [6, 6.07) is 24.6. The molecule has 4 aromatic carbocycles. The van der Waals surface area contributed by atoms with Gasteiger partial charge in [0, 0.05) is 33.4 Å². The van der Waals surface area contributed by atoms with Crippen LogP contribution in [0.2, 0.25) is 0 Å². The van der Waals surface area contributed by atoms with Crippen LogP contribution in [0.15, 0.2) is 83.4 Å². The second-order valence-corrected chi connectivity index (χ2v) is 14.0. The van der Waals surface area contributed by atoms with Crippen molar-refractivity contribution in [1.82, 2.24) is 4.98 Å². The van der Waals surface area contributed by atoms with E-state index in [1.165, 1.54) is 6.20 Å². The molecule has 0 amide bonds. The minimum absolute atomic E-state index is 0.0565. The lowest BCUT2D eigenvalue weighted by Crippen LogP contribution is -2.33. The zero-order chi connectivity index (χ0) is 32.8. The van der Waals surface area contributed by atoms with Gasteiger partial charge in [0.15, 0.2) is 0 Å². The summed E-state index contributed by atoms with van der Waals surface area (Å²) in [6.07, 6.45) is 4.18. The van der Waals surface area contributed by atoms with Gasteiger partial charge < -0.3 is 4.42 Å². The van der Waals surface area contributed by atoms with E-state index in [4.69, 9.17) is 13.5 Å². The molecule has 0 atom stereocenters. The lowest BCUT2D eigenvalue weighted by molar-refractivity contribution is 0.0967. The Kier molecular flexibility index (Phi) is 5.16. The third-order valence-corrected chi connectivity index (χ3v) is 9.15. The van der Waals surface area contributed by atoms with Crippen molar-refractivity contribution in [2.45, 2.75) is 73.6 Å². The van der Waals surface area contributed by atoms with Crippen LogP contribution in [0.1, 0.15) is 80.6 Å². The van der Waals surface area contributed by atoms with Gasteiger partial charge >= 0.3 is 0 Å². The molecule has 0 radical (unpaired) electrons. The Morgan fingerprint density at radius 1 is 0.738 bits per heavy atom. The van der Waals surface area contributed by atoms with Gasteiger partial charge in [-0.05, 0) is 114 Å². The summed E-state index contributed by atoms with van der Waals surface area (Å²) < 4.78 is 41.6. The molecule has 2 nitrogen and oxygen atoms in total. The molecule has 1 aliphatic rings. The van der Waals surface area contributed by atoms with Crippen LogP contribution in [0.4, 0.5) is 0 Å². The van der Waals surface area contributed by atoms with Crippen LogP contribution in [0, 0.1) is 31.5 Å². The maximum Gasteiger partial charge on any atom is 0.144 e. The Labute approximate surface area is 255 Å². The molecule has 0 aliphatic heterocycles. The summed E-state index contributed by atoms with van der Waals surface area (Å²) in [5.41, 5.74) is 7.89. The van der Waals surface area contributed by atoms with Crippen molar-refractivity contribution in [2.75, 3.05) is 0 Å². The van der Waals surface area contributed by atoms with Crippen LogP contribution in [-0.4, -0.2) is 4.98 Å². The fourth-order valence-electron chi connectivity index (χ4n) is 7.87. The highest BCUT2D eigenvalue weighted by molar-refractivity contribution is 6.17. The first kappa shape index (κ1) is 22.7. The van der Waals surface area contributed by atoms with Crippen LogP contribution in [-0.2, 0) is 0 Å². The van der Waals surface area contributed by atoms with Crippen molar-refractivity contribution in [3.05, 3.63) is 101 Å². The van der Waals surface area contributed by atoms with Gasteiger partial charge in [-0.2, -0.15) is 0 Å². The first-order valence-corrected chi connectivity index (χ1v) is 15.0. The van der Waals surface area contributed by atoms with Crippen molar-refractivity contribution in [1.29, 1.82) is 0 Å². The van der Waals surface area contributed by atoms with Crippen LogP contribution in [0.3, 0.4) is 0 Å². The topological polar surface area (TPSA) is 26.0 Å². The van der Waals surface area contributed by atoms with Crippen molar-refractivity contribution in [3.63, 3.8) is 0 Å². The van der Waals surface area contributed by atoms with Crippen molar-refractivity contribution >= 4 is 32.7 Å². The molecular formula is C40H41NO.